The zero-order chi connectivity index (χ0) is 28.8. The number of amides is 1. The zero-order valence-corrected chi connectivity index (χ0v) is 24.4. The molecule has 9 nitrogen and oxygen atoms in total. The molecule has 0 radical (unpaired) electrons. The van der Waals surface area contributed by atoms with Gasteiger partial charge in [0.15, 0.2) is 11.0 Å². The molecule has 0 saturated carbocycles. The highest BCUT2D eigenvalue weighted by atomic mass is 35.5. The number of nitrogens with zero attached hydrogens (tertiary/aromatic N) is 6. The number of aryl methyl sites for hydroxylation is 1. The Hall–Kier alpha value is -4.41. The molecule has 0 bridgehead atoms. The lowest BCUT2D eigenvalue weighted by atomic mass is 10.2. The highest BCUT2D eigenvalue weighted by Gasteiger charge is 2.18. The summed E-state index contributed by atoms with van der Waals surface area (Å²) in [5, 5.41) is 18.8. The van der Waals surface area contributed by atoms with Gasteiger partial charge in [-0.2, -0.15) is 10.2 Å². The SMILES string of the molecule is CCOc1ccc(-n2c(SCC(=O)NN=Cc3c(C)nn(-c4ccccc4)c3C)nnc2-c2ccc(Cl)cc2)cc1. The van der Waals surface area contributed by atoms with Gasteiger partial charge in [0.1, 0.15) is 5.75 Å². The third-order valence-electron chi connectivity index (χ3n) is 6.21. The fourth-order valence-corrected chi connectivity index (χ4v) is 5.10. The lowest BCUT2D eigenvalue weighted by Gasteiger charge is -2.11. The van der Waals surface area contributed by atoms with Crippen LogP contribution in [0.2, 0.25) is 5.02 Å². The molecule has 0 unspecified atom stereocenters. The number of hydrogen-bond acceptors (Lipinski definition) is 7. The highest BCUT2D eigenvalue weighted by Crippen LogP contribution is 2.29. The van der Waals surface area contributed by atoms with E-state index < -0.39 is 0 Å². The number of hydrogen-bond donors (Lipinski definition) is 1. The van der Waals surface area contributed by atoms with E-state index in [1.165, 1.54) is 11.8 Å². The molecule has 1 N–H and O–H groups in total. The van der Waals surface area contributed by atoms with Crippen molar-refractivity contribution in [3.8, 4) is 28.5 Å². The largest absolute Gasteiger partial charge is 0.494 e. The van der Waals surface area contributed by atoms with Crippen LogP contribution in [0.5, 0.6) is 5.75 Å². The number of rotatable bonds is 10. The predicted molar refractivity (Wildman–Crippen MR) is 162 cm³/mol. The Morgan fingerprint density at radius 2 is 1.73 bits per heavy atom. The molecule has 0 fully saturated rings. The van der Waals surface area contributed by atoms with Crippen LogP contribution in [-0.4, -0.2) is 49.0 Å². The lowest BCUT2D eigenvalue weighted by molar-refractivity contribution is -0.118. The minimum atomic E-state index is -0.272. The fraction of sp³-hybridized carbons (Fsp3) is 0.167. The first-order valence-corrected chi connectivity index (χ1v) is 14.3. The first kappa shape index (κ1) is 28.1. The molecular formula is C30H28ClN7O2S. The first-order valence-electron chi connectivity index (χ1n) is 13.0. The summed E-state index contributed by atoms with van der Waals surface area (Å²) in [4.78, 5) is 12.7. The van der Waals surface area contributed by atoms with Gasteiger partial charge < -0.3 is 4.74 Å². The van der Waals surface area contributed by atoms with Crippen LogP contribution in [0.3, 0.4) is 0 Å². The van der Waals surface area contributed by atoms with Crippen molar-refractivity contribution in [1.29, 1.82) is 0 Å². The summed E-state index contributed by atoms with van der Waals surface area (Å²) in [6, 6.07) is 24.9. The molecule has 0 aliphatic rings. The smallest absolute Gasteiger partial charge is 0.250 e. The Labute approximate surface area is 247 Å². The lowest BCUT2D eigenvalue weighted by Crippen LogP contribution is -2.20. The minimum absolute atomic E-state index is 0.0916. The second-order valence-electron chi connectivity index (χ2n) is 8.99. The van der Waals surface area contributed by atoms with Crippen LogP contribution in [0.15, 0.2) is 89.1 Å². The number of para-hydroxylation sites is 1. The number of benzene rings is 3. The number of thioether (sulfide) groups is 1. The van der Waals surface area contributed by atoms with E-state index in [0.29, 0.717) is 22.6 Å². The molecule has 5 aromatic rings. The van der Waals surface area contributed by atoms with E-state index in [-0.39, 0.29) is 11.7 Å². The molecular weight excluding hydrogens is 558 g/mol. The predicted octanol–water partition coefficient (Wildman–Crippen LogP) is 6.03. The number of halogens is 1. The molecule has 2 aromatic heterocycles. The summed E-state index contributed by atoms with van der Waals surface area (Å²) in [6.07, 6.45) is 1.63. The molecule has 11 heteroatoms. The van der Waals surface area contributed by atoms with E-state index in [1.54, 1.807) is 18.3 Å². The van der Waals surface area contributed by atoms with Crippen LogP contribution in [-0.2, 0) is 4.79 Å². The molecule has 0 saturated heterocycles. The van der Waals surface area contributed by atoms with Crippen LogP contribution < -0.4 is 10.2 Å². The standard InChI is InChI=1S/C30H28ClN7O2S/c1-4-40-26-16-14-24(15-17-26)37-29(22-10-12-23(31)13-11-22)34-35-30(37)41-19-28(39)33-32-18-27-20(2)36-38(21(27)3)25-8-6-5-7-9-25/h5-18H,4,19H2,1-3H3,(H,33,39). The number of carbonyl (C=O) groups is 1. The van der Waals surface area contributed by atoms with Crippen LogP contribution in [0.1, 0.15) is 23.9 Å². The van der Waals surface area contributed by atoms with Crippen molar-refractivity contribution >= 4 is 35.5 Å². The maximum Gasteiger partial charge on any atom is 0.250 e. The normalized spacial score (nSPS) is 11.2. The third kappa shape index (κ3) is 6.50. The van der Waals surface area contributed by atoms with Gasteiger partial charge in [0.05, 0.1) is 35.6 Å². The van der Waals surface area contributed by atoms with Crippen LogP contribution in [0.25, 0.3) is 22.8 Å². The van der Waals surface area contributed by atoms with E-state index in [4.69, 9.17) is 16.3 Å². The van der Waals surface area contributed by atoms with Crippen molar-refractivity contribution in [2.75, 3.05) is 12.4 Å². The summed E-state index contributed by atoms with van der Waals surface area (Å²) in [7, 11) is 0. The average molecular weight is 586 g/mol. The Balaban J connectivity index is 1.31. The van der Waals surface area contributed by atoms with Gasteiger partial charge in [0.2, 0.25) is 0 Å². The summed E-state index contributed by atoms with van der Waals surface area (Å²) in [5.41, 5.74) is 7.86. The molecule has 0 spiro atoms. The summed E-state index contributed by atoms with van der Waals surface area (Å²) >= 11 is 7.37. The van der Waals surface area contributed by atoms with Crippen molar-refractivity contribution in [2.45, 2.75) is 25.9 Å². The average Bonchev–Trinajstić information content (AvgIpc) is 3.54. The summed E-state index contributed by atoms with van der Waals surface area (Å²) < 4.78 is 9.36. The van der Waals surface area contributed by atoms with Crippen molar-refractivity contribution < 1.29 is 9.53 Å². The monoisotopic (exact) mass is 585 g/mol. The van der Waals surface area contributed by atoms with Gasteiger partial charge in [-0.25, -0.2) is 10.1 Å². The Bertz CT molecular complexity index is 1660. The maximum absolute atomic E-state index is 12.7. The maximum atomic E-state index is 12.7. The quantitative estimate of drug-likeness (QED) is 0.122. The second-order valence-corrected chi connectivity index (χ2v) is 10.4. The molecule has 0 aliphatic carbocycles. The molecule has 2 heterocycles. The van der Waals surface area contributed by atoms with E-state index in [0.717, 1.165) is 39.6 Å². The number of ether oxygens (including phenoxy) is 1. The van der Waals surface area contributed by atoms with Crippen LogP contribution in [0, 0.1) is 13.8 Å². The van der Waals surface area contributed by atoms with Gasteiger partial charge in [-0.1, -0.05) is 41.6 Å². The Morgan fingerprint density at radius 1 is 1.00 bits per heavy atom. The topological polar surface area (TPSA) is 99.2 Å². The third-order valence-corrected chi connectivity index (χ3v) is 7.39. The molecule has 3 aromatic carbocycles. The van der Waals surface area contributed by atoms with Gasteiger partial charge >= 0.3 is 0 Å². The Kier molecular flexibility index (Phi) is 8.81. The van der Waals surface area contributed by atoms with Gasteiger partial charge in [-0.3, -0.25) is 9.36 Å². The van der Waals surface area contributed by atoms with Crippen molar-refractivity contribution in [1.82, 2.24) is 30.0 Å². The van der Waals surface area contributed by atoms with Crippen molar-refractivity contribution in [3.05, 3.63) is 101 Å². The second kappa shape index (κ2) is 12.8. The highest BCUT2D eigenvalue weighted by molar-refractivity contribution is 7.99. The summed E-state index contributed by atoms with van der Waals surface area (Å²) in [6.45, 7) is 6.40. The van der Waals surface area contributed by atoms with E-state index in [1.807, 2.05) is 96.8 Å². The molecule has 1 amide bonds. The summed E-state index contributed by atoms with van der Waals surface area (Å²) in [5.74, 6) is 1.22. The molecule has 0 aliphatic heterocycles. The zero-order valence-electron chi connectivity index (χ0n) is 22.8. The van der Waals surface area contributed by atoms with Gasteiger partial charge in [-0.15, -0.1) is 10.2 Å². The van der Waals surface area contributed by atoms with Gasteiger partial charge in [0, 0.05) is 21.8 Å². The fourth-order valence-electron chi connectivity index (χ4n) is 4.23. The molecule has 0 atom stereocenters. The number of hydrazone groups is 1. The van der Waals surface area contributed by atoms with Gasteiger partial charge in [-0.05, 0) is 81.4 Å². The van der Waals surface area contributed by atoms with Crippen molar-refractivity contribution in [2.24, 2.45) is 5.10 Å². The molecule has 208 valence electrons. The number of nitrogens with one attached hydrogen (secondary N) is 1. The number of carbonyl (C=O) groups excluding carboxylic acids is 1. The molecule has 41 heavy (non-hydrogen) atoms. The molecule has 5 rings (SSSR count). The van der Waals surface area contributed by atoms with E-state index in [2.05, 4.69) is 25.8 Å². The van der Waals surface area contributed by atoms with Gasteiger partial charge in [0.25, 0.3) is 5.91 Å². The van der Waals surface area contributed by atoms with Crippen LogP contribution >= 0.6 is 23.4 Å². The van der Waals surface area contributed by atoms with Crippen molar-refractivity contribution in [3.63, 3.8) is 0 Å². The Morgan fingerprint density at radius 3 is 2.44 bits per heavy atom. The van der Waals surface area contributed by atoms with Crippen LogP contribution in [0.4, 0.5) is 0 Å². The van der Waals surface area contributed by atoms with E-state index in [9.17, 15) is 4.79 Å². The minimum Gasteiger partial charge on any atom is -0.494 e. The van der Waals surface area contributed by atoms with E-state index >= 15 is 0 Å². The number of aromatic nitrogens is 5. The first-order chi connectivity index (χ1) is 19.9.